The van der Waals surface area contributed by atoms with Crippen molar-refractivity contribution in [2.24, 2.45) is 0 Å². The molecule has 4 heteroatoms. The van der Waals surface area contributed by atoms with Crippen LogP contribution in [0, 0.1) is 6.92 Å². The molecule has 1 aromatic carbocycles. The summed E-state index contributed by atoms with van der Waals surface area (Å²) in [5.74, 6) is -0.0521. The number of carboxylic acid groups (broad SMARTS) is 1. The van der Waals surface area contributed by atoms with Crippen LogP contribution in [-0.2, 0) is 4.79 Å². The van der Waals surface area contributed by atoms with Crippen LogP contribution in [0.3, 0.4) is 0 Å². The maximum Gasteiger partial charge on any atom is 0.323 e. The molecule has 112 valence electrons. The topological polar surface area (TPSA) is 58.6 Å². The van der Waals surface area contributed by atoms with Gasteiger partial charge in [-0.1, -0.05) is 18.2 Å². The van der Waals surface area contributed by atoms with Crippen molar-refractivity contribution in [1.29, 1.82) is 0 Å². The third kappa shape index (κ3) is 4.53. The summed E-state index contributed by atoms with van der Waals surface area (Å²) in [6.45, 7) is 9.45. The standard InChI is InChI=1S/C16H25NO3/c1-11(2)17-16(5,15(18)19)10-13(4)20-14-9-7-6-8-12(14)3/h6-9,11,13,17H,10H2,1-5H3,(H,18,19). The van der Waals surface area contributed by atoms with E-state index in [2.05, 4.69) is 5.32 Å². The minimum absolute atomic E-state index is 0.0989. The number of para-hydroxylation sites is 1. The largest absolute Gasteiger partial charge is 0.490 e. The highest BCUT2D eigenvalue weighted by Gasteiger charge is 2.35. The van der Waals surface area contributed by atoms with Gasteiger partial charge in [-0.2, -0.15) is 0 Å². The van der Waals surface area contributed by atoms with Crippen LogP contribution in [0.15, 0.2) is 24.3 Å². The van der Waals surface area contributed by atoms with Crippen LogP contribution >= 0.6 is 0 Å². The predicted molar refractivity (Wildman–Crippen MR) is 80.2 cm³/mol. The Balaban J connectivity index is 2.74. The van der Waals surface area contributed by atoms with E-state index in [4.69, 9.17) is 4.74 Å². The molecule has 0 saturated heterocycles. The average molecular weight is 279 g/mol. The number of carbonyl (C=O) groups is 1. The highest BCUT2D eigenvalue weighted by Crippen LogP contribution is 2.22. The molecule has 0 bridgehead atoms. The Morgan fingerprint density at radius 1 is 1.35 bits per heavy atom. The van der Waals surface area contributed by atoms with Crippen LogP contribution in [0.5, 0.6) is 5.75 Å². The number of hydrogen-bond acceptors (Lipinski definition) is 3. The van der Waals surface area contributed by atoms with Crippen molar-refractivity contribution in [1.82, 2.24) is 5.32 Å². The Morgan fingerprint density at radius 3 is 2.45 bits per heavy atom. The van der Waals surface area contributed by atoms with E-state index < -0.39 is 11.5 Å². The van der Waals surface area contributed by atoms with Gasteiger partial charge in [0, 0.05) is 12.5 Å². The second-order valence-electron chi connectivity index (χ2n) is 5.83. The zero-order valence-electron chi connectivity index (χ0n) is 12.9. The maximum atomic E-state index is 11.5. The van der Waals surface area contributed by atoms with Gasteiger partial charge in [0.25, 0.3) is 0 Å². The highest BCUT2D eigenvalue weighted by atomic mass is 16.5. The molecular weight excluding hydrogens is 254 g/mol. The molecule has 20 heavy (non-hydrogen) atoms. The number of aryl methyl sites for hydroxylation is 1. The molecule has 0 aromatic heterocycles. The summed E-state index contributed by atoms with van der Waals surface area (Å²) in [7, 11) is 0. The molecule has 2 N–H and O–H groups in total. The van der Waals surface area contributed by atoms with E-state index in [0.717, 1.165) is 11.3 Å². The minimum Gasteiger partial charge on any atom is -0.490 e. The van der Waals surface area contributed by atoms with Crippen molar-refractivity contribution in [3.05, 3.63) is 29.8 Å². The van der Waals surface area contributed by atoms with E-state index in [-0.39, 0.29) is 12.1 Å². The summed E-state index contributed by atoms with van der Waals surface area (Å²) >= 11 is 0. The minimum atomic E-state index is -0.990. The van der Waals surface area contributed by atoms with Gasteiger partial charge < -0.3 is 9.84 Å². The van der Waals surface area contributed by atoms with Gasteiger partial charge in [-0.05, 0) is 46.2 Å². The lowest BCUT2D eigenvalue weighted by atomic mass is 9.94. The van der Waals surface area contributed by atoms with Crippen LogP contribution in [-0.4, -0.2) is 28.8 Å². The van der Waals surface area contributed by atoms with E-state index in [1.807, 2.05) is 52.0 Å². The fraction of sp³-hybridized carbons (Fsp3) is 0.562. The summed E-state index contributed by atoms with van der Waals surface area (Å²) in [5.41, 5.74) is 0.0594. The lowest BCUT2D eigenvalue weighted by Gasteiger charge is -2.31. The van der Waals surface area contributed by atoms with Crippen molar-refractivity contribution >= 4 is 5.97 Å². The van der Waals surface area contributed by atoms with Crippen LogP contribution < -0.4 is 10.1 Å². The first-order valence-corrected chi connectivity index (χ1v) is 6.98. The zero-order chi connectivity index (χ0) is 15.3. The Hall–Kier alpha value is -1.55. The Labute approximate surface area is 121 Å². The van der Waals surface area contributed by atoms with Crippen molar-refractivity contribution in [3.63, 3.8) is 0 Å². The number of ether oxygens (including phenoxy) is 1. The lowest BCUT2D eigenvalue weighted by molar-refractivity contribution is -0.145. The van der Waals surface area contributed by atoms with Gasteiger partial charge >= 0.3 is 5.97 Å². The first-order valence-electron chi connectivity index (χ1n) is 6.98. The Bertz CT molecular complexity index is 459. The summed E-state index contributed by atoms with van der Waals surface area (Å²) in [5, 5.41) is 12.5. The normalized spacial score (nSPS) is 15.7. The fourth-order valence-electron chi connectivity index (χ4n) is 2.37. The quantitative estimate of drug-likeness (QED) is 0.805. The van der Waals surface area contributed by atoms with E-state index in [1.54, 1.807) is 6.92 Å². The van der Waals surface area contributed by atoms with E-state index in [9.17, 15) is 9.90 Å². The first-order chi connectivity index (χ1) is 9.24. The highest BCUT2D eigenvalue weighted by molar-refractivity contribution is 5.78. The third-order valence-electron chi connectivity index (χ3n) is 3.20. The molecule has 2 unspecified atom stereocenters. The van der Waals surface area contributed by atoms with Crippen LogP contribution in [0.25, 0.3) is 0 Å². The second kappa shape index (κ2) is 6.75. The molecule has 0 radical (unpaired) electrons. The number of carboxylic acids is 1. The van der Waals surface area contributed by atoms with Gasteiger partial charge in [-0.15, -0.1) is 0 Å². The number of nitrogens with one attached hydrogen (secondary N) is 1. The van der Waals surface area contributed by atoms with Gasteiger partial charge in [-0.3, -0.25) is 10.1 Å². The summed E-state index contributed by atoms with van der Waals surface area (Å²) < 4.78 is 5.87. The van der Waals surface area contributed by atoms with Gasteiger partial charge in [0.2, 0.25) is 0 Å². The fourth-order valence-corrected chi connectivity index (χ4v) is 2.37. The third-order valence-corrected chi connectivity index (χ3v) is 3.20. The Morgan fingerprint density at radius 2 is 1.95 bits per heavy atom. The predicted octanol–water partition coefficient (Wildman–Crippen LogP) is 2.99. The molecule has 0 aliphatic heterocycles. The molecule has 0 aliphatic rings. The van der Waals surface area contributed by atoms with E-state index >= 15 is 0 Å². The molecule has 0 saturated carbocycles. The van der Waals surface area contributed by atoms with Crippen LogP contribution in [0.2, 0.25) is 0 Å². The zero-order valence-corrected chi connectivity index (χ0v) is 12.9. The smallest absolute Gasteiger partial charge is 0.323 e. The van der Waals surface area contributed by atoms with E-state index in [0.29, 0.717) is 6.42 Å². The van der Waals surface area contributed by atoms with Crippen LogP contribution in [0.1, 0.15) is 39.7 Å². The van der Waals surface area contributed by atoms with Crippen LogP contribution in [0.4, 0.5) is 0 Å². The van der Waals surface area contributed by atoms with E-state index in [1.165, 1.54) is 0 Å². The van der Waals surface area contributed by atoms with Crippen molar-refractivity contribution in [3.8, 4) is 5.75 Å². The number of benzene rings is 1. The lowest BCUT2D eigenvalue weighted by Crippen LogP contribution is -2.54. The molecule has 1 rings (SSSR count). The molecule has 0 spiro atoms. The molecular formula is C16H25NO3. The number of hydrogen-bond donors (Lipinski definition) is 2. The maximum absolute atomic E-state index is 11.5. The molecule has 0 aliphatic carbocycles. The average Bonchev–Trinajstić information content (AvgIpc) is 2.30. The molecule has 1 aromatic rings. The van der Waals surface area contributed by atoms with Gasteiger partial charge in [-0.25, -0.2) is 0 Å². The first kappa shape index (κ1) is 16.5. The van der Waals surface area contributed by atoms with Crippen molar-refractivity contribution < 1.29 is 14.6 Å². The SMILES string of the molecule is Cc1ccccc1OC(C)CC(C)(NC(C)C)C(=O)O. The molecule has 0 heterocycles. The number of aliphatic carboxylic acids is 1. The molecule has 4 nitrogen and oxygen atoms in total. The van der Waals surface area contributed by atoms with Gasteiger partial charge in [0.05, 0.1) is 6.10 Å². The second-order valence-corrected chi connectivity index (χ2v) is 5.83. The van der Waals surface area contributed by atoms with Crippen molar-refractivity contribution in [2.75, 3.05) is 0 Å². The summed E-state index contributed by atoms with van der Waals surface area (Å²) in [6, 6.07) is 7.85. The molecule has 2 atom stereocenters. The summed E-state index contributed by atoms with van der Waals surface area (Å²) in [4.78, 5) is 11.5. The summed E-state index contributed by atoms with van der Waals surface area (Å²) in [6.07, 6.45) is 0.206. The monoisotopic (exact) mass is 279 g/mol. The molecule has 0 amide bonds. The number of rotatable bonds is 7. The van der Waals surface area contributed by atoms with Gasteiger partial charge in [0.15, 0.2) is 0 Å². The molecule has 0 fully saturated rings. The van der Waals surface area contributed by atoms with Gasteiger partial charge in [0.1, 0.15) is 11.3 Å². The van der Waals surface area contributed by atoms with Crippen molar-refractivity contribution in [2.45, 2.75) is 58.7 Å². The Kier molecular flexibility index (Phi) is 5.57.